The number of Topliss-reactive ketones (excluding diaryl/α,β-unsaturated/α-hetero) is 2. The number of carbonyl (C=O) groups excluding carboxylic acids is 4. The highest BCUT2D eigenvalue weighted by Crippen LogP contribution is 2.24. The van der Waals surface area contributed by atoms with Crippen molar-refractivity contribution in [3.8, 4) is 0 Å². The fraction of sp³-hybridized carbons (Fsp3) is 0.840. The summed E-state index contributed by atoms with van der Waals surface area (Å²) in [6.07, 6.45) is 0.199. The number of hydrogen-bond donors (Lipinski definition) is 2. The van der Waals surface area contributed by atoms with E-state index in [-0.39, 0.29) is 65.9 Å². The normalized spacial score (nSPS) is 13.6. The molecule has 0 radical (unpaired) electrons. The van der Waals surface area contributed by atoms with Gasteiger partial charge in [0.25, 0.3) is 0 Å². The van der Waals surface area contributed by atoms with Gasteiger partial charge in [0.05, 0.1) is 25.8 Å². The van der Waals surface area contributed by atoms with E-state index in [0.717, 1.165) is 0 Å². The van der Waals surface area contributed by atoms with Crippen molar-refractivity contribution < 1.29 is 23.9 Å². The molecule has 0 aliphatic carbocycles. The summed E-state index contributed by atoms with van der Waals surface area (Å²) in [5, 5.41) is 5.56. The molecule has 8 heteroatoms. The summed E-state index contributed by atoms with van der Waals surface area (Å²) < 4.78 is 5.42. The second-order valence-corrected chi connectivity index (χ2v) is 10.1. The van der Waals surface area contributed by atoms with E-state index in [1.54, 1.807) is 11.9 Å². The van der Waals surface area contributed by atoms with E-state index < -0.39 is 6.04 Å². The molecule has 0 aliphatic rings. The van der Waals surface area contributed by atoms with Crippen LogP contribution in [0.5, 0.6) is 0 Å². The molecule has 0 aromatic carbocycles. The van der Waals surface area contributed by atoms with E-state index >= 15 is 0 Å². The van der Waals surface area contributed by atoms with E-state index in [9.17, 15) is 19.2 Å². The molecule has 8 nitrogen and oxygen atoms in total. The number of nitrogens with zero attached hydrogens (tertiary/aromatic N) is 1. The Morgan fingerprint density at radius 2 is 1.33 bits per heavy atom. The average Bonchev–Trinajstić information content (AvgIpc) is 2.69. The Labute approximate surface area is 200 Å². The predicted octanol–water partition coefficient (Wildman–Crippen LogP) is 2.30. The number of ether oxygens (including phenoxy) is 1. The van der Waals surface area contributed by atoms with Crippen molar-refractivity contribution in [3.63, 3.8) is 0 Å². The van der Waals surface area contributed by atoms with E-state index in [1.807, 2.05) is 55.4 Å². The fourth-order valence-electron chi connectivity index (χ4n) is 3.75. The van der Waals surface area contributed by atoms with Crippen molar-refractivity contribution in [2.75, 3.05) is 39.9 Å². The SMILES string of the molecule is CC(C)C(=O)NCCOCCNC(=O)CN(C)[C@H](C(=O)C[C@H](C(=O)C(C)C)C(C)C)C(C)C. The lowest BCUT2D eigenvalue weighted by Crippen LogP contribution is -2.48. The molecule has 0 aliphatic heterocycles. The molecule has 2 amide bonds. The monoisotopic (exact) mass is 469 g/mol. The summed E-state index contributed by atoms with van der Waals surface area (Å²) in [4.78, 5) is 51.3. The highest BCUT2D eigenvalue weighted by atomic mass is 16.5. The van der Waals surface area contributed by atoms with Crippen LogP contribution in [0.4, 0.5) is 0 Å². The Hall–Kier alpha value is -1.80. The summed E-state index contributed by atoms with van der Waals surface area (Å²) >= 11 is 0. The summed E-state index contributed by atoms with van der Waals surface area (Å²) in [5.41, 5.74) is 0. The van der Waals surface area contributed by atoms with Gasteiger partial charge in [-0.05, 0) is 18.9 Å². The van der Waals surface area contributed by atoms with Gasteiger partial charge in [0.15, 0.2) is 5.78 Å². The van der Waals surface area contributed by atoms with Crippen molar-refractivity contribution in [2.45, 2.75) is 67.9 Å². The molecular formula is C25H47N3O5. The summed E-state index contributed by atoms with van der Waals surface area (Å²) in [6, 6.07) is -0.433. The van der Waals surface area contributed by atoms with Crippen LogP contribution >= 0.6 is 0 Å². The number of nitrogens with one attached hydrogen (secondary N) is 2. The van der Waals surface area contributed by atoms with Crippen LogP contribution in [0.25, 0.3) is 0 Å². The first-order chi connectivity index (χ1) is 15.3. The fourth-order valence-corrected chi connectivity index (χ4v) is 3.75. The number of amides is 2. The highest BCUT2D eigenvalue weighted by Gasteiger charge is 2.33. The second-order valence-electron chi connectivity index (χ2n) is 10.1. The highest BCUT2D eigenvalue weighted by molar-refractivity contribution is 5.92. The Bertz CT molecular complexity index is 632. The lowest BCUT2D eigenvalue weighted by atomic mass is 9.80. The van der Waals surface area contributed by atoms with Gasteiger partial charge in [-0.25, -0.2) is 0 Å². The minimum absolute atomic E-state index is 0.000205. The van der Waals surface area contributed by atoms with Crippen molar-refractivity contribution in [2.24, 2.45) is 29.6 Å². The first kappa shape index (κ1) is 31.2. The van der Waals surface area contributed by atoms with Crippen molar-refractivity contribution in [1.29, 1.82) is 0 Å². The zero-order valence-electron chi connectivity index (χ0n) is 22.2. The van der Waals surface area contributed by atoms with E-state index in [2.05, 4.69) is 10.6 Å². The Morgan fingerprint density at radius 3 is 1.79 bits per heavy atom. The van der Waals surface area contributed by atoms with Gasteiger partial charge in [-0.1, -0.05) is 55.4 Å². The lowest BCUT2D eigenvalue weighted by molar-refractivity contribution is -0.135. The summed E-state index contributed by atoms with van der Waals surface area (Å²) in [6.45, 7) is 16.8. The quantitative estimate of drug-likeness (QED) is 0.317. The van der Waals surface area contributed by atoms with Gasteiger partial charge >= 0.3 is 0 Å². The minimum atomic E-state index is -0.433. The number of ketones is 2. The summed E-state index contributed by atoms with van der Waals surface area (Å²) in [5.74, 6) is -0.461. The van der Waals surface area contributed by atoms with Crippen molar-refractivity contribution >= 4 is 23.4 Å². The number of carbonyl (C=O) groups is 4. The third kappa shape index (κ3) is 12.3. The number of rotatable bonds is 17. The molecule has 0 unspecified atom stereocenters. The van der Waals surface area contributed by atoms with Crippen LogP contribution < -0.4 is 10.6 Å². The standard InChI is InChI=1S/C25H47N3O5/c1-16(2)20(24(31)18(5)6)14-21(29)23(17(3)4)28(9)15-22(30)26-10-12-33-13-11-27-25(32)19(7)8/h16-20,23H,10-15H2,1-9H3,(H,26,30)(H,27,32)/t20-,23-/m0/s1. The Balaban J connectivity index is 4.58. The maximum atomic E-state index is 13.1. The topological polar surface area (TPSA) is 105 Å². The van der Waals surface area contributed by atoms with Gasteiger partial charge in [-0.2, -0.15) is 0 Å². The van der Waals surface area contributed by atoms with E-state index in [0.29, 0.717) is 26.3 Å². The summed E-state index contributed by atoms with van der Waals surface area (Å²) in [7, 11) is 1.77. The van der Waals surface area contributed by atoms with Gasteiger partial charge < -0.3 is 15.4 Å². The smallest absolute Gasteiger partial charge is 0.234 e. The van der Waals surface area contributed by atoms with Gasteiger partial charge in [-0.3, -0.25) is 24.1 Å². The zero-order valence-corrected chi connectivity index (χ0v) is 22.2. The molecule has 33 heavy (non-hydrogen) atoms. The van der Waals surface area contributed by atoms with Gasteiger partial charge in [0, 0.05) is 37.3 Å². The molecular weight excluding hydrogens is 422 g/mol. The molecule has 2 N–H and O–H groups in total. The van der Waals surface area contributed by atoms with Crippen LogP contribution in [0.15, 0.2) is 0 Å². The molecule has 0 saturated carbocycles. The second kappa shape index (κ2) is 15.9. The van der Waals surface area contributed by atoms with Crippen LogP contribution in [-0.2, 0) is 23.9 Å². The third-order valence-corrected chi connectivity index (χ3v) is 5.63. The van der Waals surface area contributed by atoms with Crippen LogP contribution in [-0.4, -0.2) is 74.2 Å². The van der Waals surface area contributed by atoms with Crippen LogP contribution in [0.1, 0.15) is 61.8 Å². The molecule has 0 aromatic rings. The molecule has 0 bridgehead atoms. The molecule has 192 valence electrons. The Kier molecular flexibility index (Phi) is 15.1. The molecule has 0 heterocycles. The zero-order chi connectivity index (χ0) is 25.7. The third-order valence-electron chi connectivity index (χ3n) is 5.63. The van der Waals surface area contributed by atoms with Crippen LogP contribution in [0.2, 0.25) is 0 Å². The number of likely N-dealkylation sites (N-methyl/N-ethyl adjacent to an activating group) is 1. The maximum Gasteiger partial charge on any atom is 0.234 e. The molecule has 0 spiro atoms. The first-order valence-corrected chi connectivity index (χ1v) is 12.2. The molecule has 0 fully saturated rings. The van der Waals surface area contributed by atoms with Crippen molar-refractivity contribution in [3.05, 3.63) is 0 Å². The van der Waals surface area contributed by atoms with E-state index in [4.69, 9.17) is 4.74 Å². The van der Waals surface area contributed by atoms with Crippen molar-refractivity contribution in [1.82, 2.24) is 15.5 Å². The van der Waals surface area contributed by atoms with Gasteiger partial charge in [0.1, 0.15) is 5.78 Å². The largest absolute Gasteiger partial charge is 0.378 e. The van der Waals surface area contributed by atoms with Crippen LogP contribution in [0, 0.1) is 29.6 Å². The van der Waals surface area contributed by atoms with Crippen LogP contribution in [0.3, 0.4) is 0 Å². The first-order valence-electron chi connectivity index (χ1n) is 12.2. The molecule has 2 atom stereocenters. The molecule has 0 aromatic heterocycles. The Morgan fingerprint density at radius 1 is 0.788 bits per heavy atom. The maximum absolute atomic E-state index is 13.1. The molecule has 0 saturated heterocycles. The predicted molar refractivity (Wildman–Crippen MR) is 131 cm³/mol. The van der Waals surface area contributed by atoms with Gasteiger partial charge in [-0.15, -0.1) is 0 Å². The molecule has 0 rings (SSSR count). The van der Waals surface area contributed by atoms with E-state index in [1.165, 1.54) is 0 Å². The lowest BCUT2D eigenvalue weighted by Gasteiger charge is -2.31. The van der Waals surface area contributed by atoms with Gasteiger partial charge in [0.2, 0.25) is 11.8 Å². The number of hydrogen-bond acceptors (Lipinski definition) is 6. The average molecular weight is 470 g/mol. The minimum Gasteiger partial charge on any atom is -0.378 e.